The highest BCUT2D eigenvalue weighted by atomic mass is 35.5. The summed E-state index contributed by atoms with van der Waals surface area (Å²) in [6.07, 6.45) is 4.78. The van der Waals surface area contributed by atoms with Crippen LogP contribution in [0.5, 0.6) is 5.88 Å². The highest BCUT2D eigenvalue weighted by Crippen LogP contribution is 2.35. The van der Waals surface area contributed by atoms with Crippen LogP contribution in [0.1, 0.15) is 10.4 Å². The van der Waals surface area contributed by atoms with Gasteiger partial charge in [-0.2, -0.15) is 8.97 Å². The van der Waals surface area contributed by atoms with E-state index >= 15 is 0 Å². The normalized spacial score (nSPS) is 11.3. The second-order valence-electron chi connectivity index (χ2n) is 7.77. The van der Waals surface area contributed by atoms with E-state index in [9.17, 15) is 9.90 Å². The molecule has 0 atom stereocenters. The summed E-state index contributed by atoms with van der Waals surface area (Å²) in [7, 11) is 0. The van der Waals surface area contributed by atoms with E-state index in [0.717, 1.165) is 10.4 Å². The SMILES string of the molecule is Cc1cccn2c(=O)c(-c3cc(Cl)cc(-c4ncc(Cl)cc4Cl)c3)c(O)[n+](Cc3cnc(Cl)s3)c12. The lowest BCUT2D eigenvalue weighted by Gasteiger charge is -2.12. The number of halogens is 4. The number of pyridine rings is 2. The third-order valence-electron chi connectivity index (χ3n) is 5.44. The van der Waals surface area contributed by atoms with Gasteiger partial charge in [0.25, 0.3) is 11.5 Å². The molecule has 0 unspecified atom stereocenters. The van der Waals surface area contributed by atoms with Gasteiger partial charge in [-0.05, 0) is 48.9 Å². The average Bonchev–Trinajstić information content (AvgIpc) is 3.21. The van der Waals surface area contributed by atoms with Crippen LogP contribution in [-0.2, 0) is 6.54 Å². The predicted octanol–water partition coefficient (Wildman–Crippen LogP) is 6.45. The Kier molecular flexibility index (Phi) is 6.46. The van der Waals surface area contributed by atoms with Crippen LogP contribution in [-0.4, -0.2) is 19.5 Å². The van der Waals surface area contributed by atoms with Crippen molar-refractivity contribution in [2.75, 3.05) is 0 Å². The minimum absolute atomic E-state index is 0.0811. The number of thiazole rings is 1. The maximum Gasteiger partial charge on any atom is 0.354 e. The van der Waals surface area contributed by atoms with E-state index in [0.29, 0.717) is 42.0 Å². The second-order valence-corrected chi connectivity index (χ2v) is 10.7. The van der Waals surface area contributed by atoms with Crippen molar-refractivity contribution >= 4 is 63.4 Å². The molecule has 0 fully saturated rings. The molecule has 0 radical (unpaired) electrons. The van der Waals surface area contributed by atoms with Gasteiger partial charge in [0, 0.05) is 28.5 Å². The molecular weight excluding hydrogens is 550 g/mol. The molecule has 0 saturated carbocycles. The zero-order chi connectivity index (χ0) is 24.9. The molecule has 0 saturated heterocycles. The first-order chi connectivity index (χ1) is 16.7. The van der Waals surface area contributed by atoms with E-state index in [-0.39, 0.29) is 18.0 Å². The number of hydrogen-bond acceptors (Lipinski definition) is 5. The molecule has 4 heterocycles. The molecule has 0 bridgehead atoms. The van der Waals surface area contributed by atoms with Crippen molar-refractivity contribution in [1.82, 2.24) is 14.4 Å². The molecule has 6 nitrogen and oxygen atoms in total. The van der Waals surface area contributed by atoms with E-state index < -0.39 is 5.56 Å². The quantitative estimate of drug-likeness (QED) is 0.255. The van der Waals surface area contributed by atoms with Crippen LogP contribution < -0.4 is 10.1 Å². The van der Waals surface area contributed by atoms with Crippen molar-refractivity contribution in [3.05, 3.63) is 95.3 Å². The predicted molar refractivity (Wildman–Crippen MR) is 140 cm³/mol. The molecule has 5 rings (SSSR count). The molecule has 0 aliphatic carbocycles. The molecule has 11 heteroatoms. The molecule has 0 amide bonds. The number of benzene rings is 1. The Morgan fingerprint density at radius 2 is 1.80 bits per heavy atom. The van der Waals surface area contributed by atoms with Gasteiger partial charge in [0.15, 0.2) is 10.0 Å². The molecule has 176 valence electrons. The van der Waals surface area contributed by atoms with Gasteiger partial charge in [0.2, 0.25) is 0 Å². The lowest BCUT2D eigenvalue weighted by Crippen LogP contribution is -2.41. The Bertz CT molecular complexity index is 1680. The van der Waals surface area contributed by atoms with Crippen LogP contribution in [0, 0.1) is 6.92 Å². The molecule has 5 aromatic rings. The summed E-state index contributed by atoms with van der Waals surface area (Å²) in [6, 6.07) is 10.2. The second kappa shape index (κ2) is 9.41. The number of aromatic nitrogens is 4. The van der Waals surface area contributed by atoms with Crippen LogP contribution in [0.4, 0.5) is 0 Å². The van der Waals surface area contributed by atoms with Crippen LogP contribution >= 0.6 is 57.7 Å². The van der Waals surface area contributed by atoms with Crippen LogP contribution in [0.3, 0.4) is 0 Å². The summed E-state index contributed by atoms with van der Waals surface area (Å²) in [6.45, 7) is 2.13. The van der Waals surface area contributed by atoms with Gasteiger partial charge < -0.3 is 5.11 Å². The zero-order valence-corrected chi connectivity index (χ0v) is 21.8. The van der Waals surface area contributed by atoms with Crippen molar-refractivity contribution in [3.63, 3.8) is 0 Å². The van der Waals surface area contributed by atoms with Crippen LogP contribution in [0.15, 0.2) is 59.8 Å². The summed E-state index contributed by atoms with van der Waals surface area (Å²) in [5.74, 6) is -0.211. The summed E-state index contributed by atoms with van der Waals surface area (Å²) < 4.78 is 3.55. The molecule has 0 aliphatic heterocycles. The first-order valence-electron chi connectivity index (χ1n) is 10.2. The number of fused-ring (bicyclic) bond motifs is 1. The molecular formula is C24H15Cl4N4O2S+. The smallest absolute Gasteiger partial charge is 0.354 e. The fourth-order valence-corrected chi connectivity index (χ4v) is 5.67. The van der Waals surface area contributed by atoms with Crippen molar-refractivity contribution < 1.29 is 9.67 Å². The Hall–Kier alpha value is -2.68. The Morgan fingerprint density at radius 3 is 2.51 bits per heavy atom. The number of hydrogen-bond donors (Lipinski definition) is 1. The van der Waals surface area contributed by atoms with Crippen LogP contribution in [0.2, 0.25) is 19.5 Å². The van der Waals surface area contributed by atoms with Gasteiger partial charge in [-0.3, -0.25) is 4.98 Å². The molecule has 4 aromatic heterocycles. The van der Waals surface area contributed by atoms with Crippen molar-refractivity contribution in [1.29, 1.82) is 0 Å². The third-order valence-corrected chi connectivity index (χ3v) is 7.25. The summed E-state index contributed by atoms with van der Waals surface area (Å²) in [5.41, 5.74) is 2.47. The maximum absolute atomic E-state index is 13.6. The van der Waals surface area contributed by atoms with E-state index in [1.165, 1.54) is 21.9 Å². The number of rotatable bonds is 4. The van der Waals surface area contributed by atoms with E-state index in [2.05, 4.69) is 9.97 Å². The van der Waals surface area contributed by atoms with Crippen molar-refractivity contribution in [2.24, 2.45) is 0 Å². The lowest BCUT2D eigenvalue weighted by molar-refractivity contribution is -0.671. The van der Waals surface area contributed by atoms with Gasteiger partial charge in [-0.1, -0.05) is 46.4 Å². The fourth-order valence-electron chi connectivity index (χ4n) is 3.98. The minimum atomic E-state index is -0.400. The van der Waals surface area contributed by atoms with E-state index in [1.54, 1.807) is 47.3 Å². The highest BCUT2D eigenvalue weighted by molar-refractivity contribution is 7.15. The van der Waals surface area contributed by atoms with Gasteiger partial charge in [-0.15, -0.1) is 11.3 Å². The van der Waals surface area contributed by atoms with Crippen molar-refractivity contribution in [2.45, 2.75) is 13.5 Å². The fraction of sp³-hybridized carbons (Fsp3) is 0.0833. The molecule has 1 aromatic carbocycles. The first kappa shape index (κ1) is 24.0. The number of nitrogens with zero attached hydrogens (tertiary/aromatic N) is 4. The van der Waals surface area contributed by atoms with Gasteiger partial charge >= 0.3 is 5.56 Å². The van der Waals surface area contributed by atoms with Crippen molar-refractivity contribution in [3.8, 4) is 28.3 Å². The first-order valence-corrected chi connectivity index (χ1v) is 12.5. The Labute approximate surface area is 223 Å². The lowest BCUT2D eigenvalue weighted by atomic mass is 10.0. The summed E-state index contributed by atoms with van der Waals surface area (Å²) in [4.78, 5) is 22.9. The molecule has 0 aliphatic rings. The largest absolute Gasteiger partial charge is 0.477 e. The maximum atomic E-state index is 13.6. The van der Waals surface area contributed by atoms with E-state index in [4.69, 9.17) is 46.4 Å². The summed E-state index contributed by atoms with van der Waals surface area (Å²) in [5, 5.41) is 12.5. The molecule has 0 spiro atoms. The monoisotopic (exact) mass is 563 g/mol. The number of aromatic hydroxyl groups is 1. The summed E-state index contributed by atoms with van der Waals surface area (Å²) >= 11 is 26.1. The molecule has 35 heavy (non-hydrogen) atoms. The van der Waals surface area contributed by atoms with Gasteiger partial charge in [0.1, 0.15) is 6.54 Å². The highest BCUT2D eigenvalue weighted by Gasteiger charge is 2.27. The van der Waals surface area contributed by atoms with Crippen LogP contribution in [0.25, 0.3) is 28.0 Å². The van der Waals surface area contributed by atoms with Gasteiger partial charge in [-0.25, -0.2) is 9.78 Å². The standard InChI is InChI=1S/C24H14Cl4N4O2S/c1-12-3-2-4-31-21(12)32(11-17-10-30-24(28)35-17)23(34)19(22(31)33)13-5-14(7-15(25)6-13)20-18(27)8-16(26)9-29-20/h2-10H,11H2,1H3/p+1. The zero-order valence-electron chi connectivity index (χ0n) is 18.0. The Balaban J connectivity index is 1.79. The van der Waals surface area contributed by atoms with E-state index in [1.807, 2.05) is 13.0 Å². The van der Waals surface area contributed by atoms with Gasteiger partial charge in [0.05, 0.1) is 26.8 Å². The third kappa shape index (κ3) is 4.50. The Morgan fingerprint density at radius 1 is 1.03 bits per heavy atom. The topological polar surface area (TPSA) is 71.4 Å². The number of aryl methyl sites for hydroxylation is 1. The molecule has 1 N–H and O–H groups in total. The average molecular weight is 565 g/mol. The minimum Gasteiger partial charge on any atom is -0.477 e.